The lowest BCUT2D eigenvalue weighted by atomic mass is 10.2. The summed E-state index contributed by atoms with van der Waals surface area (Å²) in [6.45, 7) is -2.43. The summed E-state index contributed by atoms with van der Waals surface area (Å²) < 4.78 is 33.9. The summed E-state index contributed by atoms with van der Waals surface area (Å²) >= 11 is 3.44. The zero-order chi connectivity index (χ0) is 17.4. The predicted octanol–water partition coefficient (Wildman–Crippen LogP) is 4.02. The van der Waals surface area contributed by atoms with E-state index >= 15 is 0 Å². The van der Waals surface area contributed by atoms with Crippen molar-refractivity contribution >= 4 is 29.0 Å². The topological polar surface area (TPSA) is 47.6 Å². The van der Waals surface area contributed by atoms with Crippen molar-refractivity contribution in [2.75, 3.05) is 19.4 Å². The summed E-state index contributed by atoms with van der Waals surface area (Å²) in [4.78, 5) is 13.4. The van der Waals surface area contributed by atoms with Gasteiger partial charge in [-0.15, -0.1) is 11.3 Å². The number of hydrogen-bond acceptors (Lipinski definition) is 5. The molecule has 0 bridgehead atoms. The second kappa shape index (κ2) is 9.48. The molecule has 0 spiro atoms. The highest BCUT2D eigenvalue weighted by Gasteiger charge is 2.14. The van der Waals surface area contributed by atoms with Crippen molar-refractivity contribution in [1.82, 2.24) is 5.32 Å². The number of hydrogen-bond donors (Lipinski definition) is 1. The van der Waals surface area contributed by atoms with Gasteiger partial charge in [-0.3, -0.25) is 4.79 Å². The van der Waals surface area contributed by atoms with E-state index in [0.717, 1.165) is 11.5 Å². The quantitative estimate of drug-likeness (QED) is 0.675. The summed E-state index contributed by atoms with van der Waals surface area (Å²) in [5, 5.41) is 4.82. The fourth-order valence-electron chi connectivity index (χ4n) is 1.91. The van der Waals surface area contributed by atoms with Crippen LogP contribution in [0.25, 0.3) is 0 Å². The lowest BCUT2D eigenvalue weighted by Crippen LogP contribution is -2.25. The number of rotatable bonds is 9. The molecule has 24 heavy (non-hydrogen) atoms. The van der Waals surface area contributed by atoms with Crippen LogP contribution in [0.3, 0.4) is 0 Å². The Labute approximate surface area is 147 Å². The molecule has 0 aliphatic rings. The number of amides is 1. The predicted molar refractivity (Wildman–Crippen MR) is 92.4 cm³/mol. The number of thioether (sulfide) groups is 1. The Balaban J connectivity index is 1.81. The van der Waals surface area contributed by atoms with Gasteiger partial charge in [-0.1, -0.05) is 6.07 Å². The van der Waals surface area contributed by atoms with E-state index in [-0.39, 0.29) is 17.4 Å². The molecule has 4 nitrogen and oxygen atoms in total. The molecule has 0 unspecified atom stereocenters. The van der Waals surface area contributed by atoms with E-state index in [1.807, 2.05) is 11.4 Å². The van der Waals surface area contributed by atoms with Crippen LogP contribution in [0.5, 0.6) is 11.5 Å². The summed E-state index contributed by atoms with van der Waals surface area (Å²) in [6.07, 6.45) is 0. The van der Waals surface area contributed by atoms with Gasteiger partial charge in [0.25, 0.3) is 5.91 Å². The molecular formula is C16H17F2NO3S2. The van der Waals surface area contributed by atoms with E-state index in [2.05, 4.69) is 16.1 Å². The molecule has 1 aromatic carbocycles. The number of carbonyl (C=O) groups excluding carboxylic acids is 1. The van der Waals surface area contributed by atoms with Crippen molar-refractivity contribution in [3.05, 3.63) is 46.2 Å². The molecule has 8 heteroatoms. The molecule has 0 aliphatic heterocycles. The van der Waals surface area contributed by atoms with Crippen LogP contribution in [0.1, 0.15) is 15.2 Å². The fourth-order valence-corrected chi connectivity index (χ4v) is 3.61. The summed E-state index contributed by atoms with van der Waals surface area (Å²) in [5.74, 6) is 1.41. The SMILES string of the molecule is COc1cc(C(=O)NCCSCc2cccs2)ccc1OC(F)F. The highest BCUT2D eigenvalue weighted by Crippen LogP contribution is 2.29. The molecule has 1 N–H and O–H groups in total. The van der Waals surface area contributed by atoms with Gasteiger partial charge in [0, 0.05) is 28.5 Å². The van der Waals surface area contributed by atoms with Gasteiger partial charge in [0.05, 0.1) is 7.11 Å². The molecule has 0 atom stereocenters. The highest BCUT2D eigenvalue weighted by molar-refractivity contribution is 7.98. The molecule has 0 saturated carbocycles. The van der Waals surface area contributed by atoms with Crippen LogP contribution in [0.15, 0.2) is 35.7 Å². The van der Waals surface area contributed by atoms with Crippen LogP contribution in [0, 0.1) is 0 Å². The Hall–Kier alpha value is -1.80. The number of ether oxygens (including phenoxy) is 2. The van der Waals surface area contributed by atoms with Gasteiger partial charge in [0.2, 0.25) is 0 Å². The van der Waals surface area contributed by atoms with Gasteiger partial charge in [-0.05, 0) is 29.6 Å². The normalized spacial score (nSPS) is 10.7. The molecule has 2 aromatic rings. The van der Waals surface area contributed by atoms with Crippen molar-refractivity contribution in [3.8, 4) is 11.5 Å². The lowest BCUT2D eigenvalue weighted by Gasteiger charge is -2.11. The minimum atomic E-state index is -2.95. The zero-order valence-electron chi connectivity index (χ0n) is 13.0. The minimum absolute atomic E-state index is 0.0926. The molecule has 1 amide bonds. The number of nitrogens with one attached hydrogen (secondary N) is 1. The van der Waals surface area contributed by atoms with Crippen LogP contribution in [0.2, 0.25) is 0 Å². The maximum Gasteiger partial charge on any atom is 0.387 e. The third-order valence-electron chi connectivity index (χ3n) is 3.00. The van der Waals surface area contributed by atoms with Crippen molar-refractivity contribution in [2.45, 2.75) is 12.4 Å². The van der Waals surface area contributed by atoms with Gasteiger partial charge in [0.1, 0.15) is 0 Å². The second-order valence-electron chi connectivity index (χ2n) is 4.63. The fraction of sp³-hybridized carbons (Fsp3) is 0.312. The molecule has 0 aliphatic carbocycles. The van der Waals surface area contributed by atoms with E-state index in [1.165, 1.54) is 30.2 Å². The zero-order valence-corrected chi connectivity index (χ0v) is 14.6. The van der Waals surface area contributed by atoms with Crippen molar-refractivity contribution in [3.63, 3.8) is 0 Å². The molecule has 2 rings (SSSR count). The van der Waals surface area contributed by atoms with E-state index in [1.54, 1.807) is 23.1 Å². The maximum absolute atomic E-state index is 12.3. The Morgan fingerprint density at radius 3 is 2.83 bits per heavy atom. The molecule has 130 valence electrons. The third kappa shape index (κ3) is 5.68. The number of alkyl halides is 2. The number of methoxy groups -OCH3 is 1. The van der Waals surface area contributed by atoms with E-state index in [0.29, 0.717) is 12.1 Å². The highest BCUT2D eigenvalue weighted by atomic mass is 32.2. The first-order valence-corrected chi connectivity index (χ1v) is 9.14. The van der Waals surface area contributed by atoms with Gasteiger partial charge in [-0.25, -0.2) is 0 Å². The number of benzene rings is 1. The average molecular weight is 373 g/mol. The monoisotopic (exact) mass is 373 g/mol. The second-order valence-corrected chi connectivity index (χ2v) is 6.77. The van der Waals surface area contributed by atoms with E-state index in [9.17, 15) is 13.6 Å². The summed E-state index contributed by atoms with van der Waals surface area (Å²) in [5.41, 5.74) is 0.330. The Bertz CT molecular complexity index is 651. The van der Waals surface area contributed by atoms with Crippen molar-refractivity contribution < 1.29 is 23.0 Å². The molecule has 0 fully saturated rings. The first kappa shape index (κ1) is 18.5. The molecule has 1 heterocycles. The van der Waals surface area contributed by atoms with E-state index in [4.69, 9.17) is 4.74 Å². The third-order valence-corrected chi connectivity index (χ3v) is 5.07. The Kier molecular flexibility index (Phi) is 7.33. The molecular weight excluding hydrogens is 356 g/mol. The number of thiophene rings is 1. The van der Waals surface area contributed by atoms with Gasteiger partial charge in [-0.2, -0.15) is 20.5 Å². The summed E-state index contributed by atoms with van der Waals surface area (Å²) in [6, 6.07) is 8.19. The first-order valence-electron chi connectivity index (χ1n) is 7.11. The van der Waals surface area contributed by atoms with E-state index < -0.39 is 6.61 Å². The van der Waals surface area contributed by atoms with Gasteiger partial charge >= 0.3 is 6.61 Å². The van der Waals surface area contributed by atoms with Crippen LogP contribution in [0.4, 0.5) is 8.78 Å². The van der Waals surface area contributed by atoms with Crippen LogP contribution < -0.4 is 14.8 Å². The average Bonchev–Trinajstić information content (AvgIpc) is 3.07. The van der Waals surface area contributed by atoms with Crippen LogP contribution in [-0.2, 0) is 5.75 Å². The van der Waals surface area contributed by atoms with Crippen LogP contribution in [-0.4, -0.2) is 31.9 Å². The maximum atomic E-state index is 12.3. The van der Waals surface area contributed by atoms with Crippen molar-refractivity contribution in [2.24, 2.45) is 0 Å². The summed E-state index contributed by atoms with van der Waals surface area (Å²) in [7, 11) is 1.33. The number of halogens is 2. The van der Waals surface area contributed by atoms with Crippen molar-refractivity contribution in [1.29, 1.82) is 0 Å². The lowest BCUT2D eigenvalue weighted by molar-refractivity contribution is -0.0512. The molecule has 1 aromatic heterocycles. The minimum Gasteiger partial charge on any atom is -0.493 e. The smallest absolute Gasteiger partial charge is 0.387 e. The van der Waals surface area contributed by atoms with Crippen LogP contribution >= 0.6 is 23.1 Å². The Morgan fingerprint density at radius 2 is 2.17 bits per heavy atom. The largest absolute Gasteiger partial charge is 0.493 e. The van der Waals surface area contributed by atoms with Gasteiger partial charge < -0.3 is 14.8 Å². The molecule has 0 radical (unpaired) electrons. The van der Waals surface area contributed by atoms with Gasteiger partial charge in [0.15, 0.2) is 11.5 Å². The number of carbonyl (C=O) groups is 1. The Morgan fingerprint density at radius 1 is 1.33 bits per heavy atom. The standard InChI is InChI=1S/C16H17F2NO3S2/c1-21-14-9-11(4-5-13(14)22-16(17)18)15(20)19-6-8-23-10-12-3-2-7-24-12/h2-5,7,9,16H,6,8,10H2,1H3,(H,19,20). The first-order chi connectivity index (χ1) is 11.6. The molecule has 0 saturated heterocycles.